The number of hydrogen-bond donors (Lipinski definition) is 0. The topological polar surface area (TPSA) is 52.4 Å². The summed E-state index contributed by atoms with van der Waals surface area (Å²) in [6.07, 6.45) is 4.66. The van der Waals surface area contributed by atoms with Gasteiger partial charge in [-0.2, -0.15) is 0 Å². The molecule has 23 heavy (non-hydrogen) atoms. The molecular weight excluding hydrogens is 292 g/mol. The molecule has 0 aliphatic carbocycles. The summed E-state index contributed by atoms with van der Waals surface area (Å²) in [5.74, 6) is 1.83. The molecule has 0 amide bonds. The minimum absolute atomic E-state index is 0.268. The number of imidazole rings is 1. The van der Waals surface area contributed by atoms with Gasteiger partial charge in [-0.05, 0) is 13.0 Å². The zero-order chi connectivity index (χ0) is 16.2. The molecule has 6 heteroatoms. The molecule has 0 aromatic carbocycles. The first-order valence-electron chi connectivity index (χ1n) is 7.99. The van der Waals surface area contributed by atoms with Gasteiger partial charge in [0.15, 0.2) is 0 Å². The summed E-state index contributed by atoms with van der Waals surface area (Å²) >= 11 is 0. The molecule has 0 fully saturated rings. The summed E-state index contributed by atoms with van der Waals surface area (Å²) in [6.45, 7) is 5.71. The molecule has 2 aromatic heterocycles. The van der Waals surface area contributed by atoms with Crippen molar-refractivity contribution >= 4 is 0 Å². The van der Waals surface area contributed by atoms with Crippen molar-refractivity contribution < 1.29 is 9.47 Å². The number of nitrogens with zero attached hydrogens (tertiary/aromatic N) is 4. The van der Waals surface area contributed by atoms with Crippen LogP contribution in [0.4, 0.5) is 0 Å². The molecule has 0 N–H and O–H groups in total. The van der Waals surface area contributed by atoms with Gasteiger partial charge in [-0.1, -0.05) is 6.07 Å². The van der Waals surface area contributed by atoms with Gasteiger partial charge in [0.1, 0.15) is 5.82 Å². The van der Waals surface area contributed by atoms with E-state index < -0.39 is 0 Å². The number of fused-ring (bicyclic) bond motifs is 1. The first-order valence-corrected chi connectivity index (χ1v) is 7.99. The van der Waals surface area contributed by atoms with Crippen LogP contribution in [0.25, 0.3) is 0 Å². The third kappa shape index (κ3) is 3.23. The average Bonchev–Trinajstić information content (AvgIpc) is 2.99. The van der Waals surface area contributed by atoms with Gasteiger partial charge >= 0.3 is 0 Å². The third-order valence-electron chi connectivity index (χ3n) is 4.48. The quantitative estimate of drug-likeness (QED) is 0.816. The van der Waals surface area contributed by atoms with Crippen LogP contribution in [0.1, 0.15) is 30.0 Å². The number of ether oxygens (including phenoxy) is 2. The van der Waals surface area contributed by atoms with E-state index in [0.717, 1.165) is 44.0 Å². The fourth-order valence-electron chi connectivity index (χ4n) is 3.17. The minimum Gasteiger partial charge on any atom is -0.481 e. The van der Waals surface area contributed by atoms with Crippen LogP contribution in [0.5, 0.6) is 5.88 Å². The van der Waals surface area contributed by atoms with Gasteiger partial charge in [0.05, 0.1) is 19.8 Å². The van der Waals surface area contributed by atoms with Crippen molar-refractivity contribution in [3.8, 4) is 5.88 Å². The van der Waals surface area contributed by atoms with E-state index in [1.807, 2.05) is 12.3 Å². The number of rotatable bonds is 6. The van der Waals surface area contributed by atoms with E-state index in [4.69, 9.17) is 9.47 Å². The Hall–Kier alpha value is -1.92. The molecule has 1 aliphatic rings. The number of pyridine rings is 1. The summed E-state index contributed by atoms with van der Waals surface area (Å²) in [4.78, 5) is 11.3. The molecule has 3 rings (SSSR count). The van der Waals surface area contributed by atoms with Gasteiger partial charge in [-0.25, -0.2) is 9.97 Å². The highest BCUT2D eigenvalue weighted by Gasteiger charge is 2.27. The predicted octanol–water partition coefficient (Wildman–Crippen LogP) is 2.05. The predicted molar refractivity (Wildman–Crippen MR) is 87.4 cm³/mol. The van der Waals surface area contributed by atoms with E-state index in [0.29, 0.717) is 5.88 Å². The minimum atomic E-state index is 0.268. The normalized spacial score (nSPS) is 18.0. The van der Waals surface area contributed by atoms with Crippen LogP contribution in [0.15, 0.2) is 24.5 Å². The molecule has 1 aliphatic heterocycles. The zero-order valence-electron chi connectivity index (χ0n) is 14.0. The maximum absolute atomic E-state index is 5.37. The van der Waals surface area contributed by atoms with E-state index in [9.17, 15) is 0 Å². The smallest absolute Gasteiger partial charge is 0.217 e. The lowest BCUT2D eigenvalue weighted by Crippen LogP contribution is -2.37. The first-order chi connectivity index (χ1) is 11.2. The summed E-state index contributed by atoms with van der Waals surface area (Å²) < 4.78 is 12.9. The van der Waals surface area contributed by atoms with Gasteiger partial charge in [-0.3, -0.25) is 4.90 Å². The maximum atomic E-state index is 5.37. The Morgan fingerprint density at radius 2 is 2.13 bits per heavy atom. The van der Waals surface area contributed by atoms with Crippen LogP contribution in [0.3, 0.4) is 0 Å². The Labute approximate surface area is 137 Å². The molecule has 0 saturated carbocycles. The van der Waals surface area contributed by atoms with Gasteiger partial charge in [0.25, 0.3) is 0 Å². The molecule has 1 atom stereocenters. The van der Waals surface area contributed by atoms with Crippen LogP contribution >= 0.6 is 0 Å². The van der Waals surface area contributed by atoms with Gasteiger partial charge < -0.3 is 14.0 Å². The molecule has 0 unspecified atom stereocenters. The van der Waals surface area contributed by atoms with Gasteiger partial charge in [0, 0.05) is 56.8 Å². The van der Waals surface area contributed by atoms with Crippen LogP contribution in [-0.2, 0) is 24.2 Å². The molecule has 124 valence electrons. The van der Waals surface area contributed by atoms with Crippen molar-refractivity contribution in [2.24, 2.45) is 0 Å². The fourth-order valence-corrected chi connectivity index (χ4v) is 3.17. The van der Waals surface area contributed by atoms with Crippen LogP contribution in [0.2, 0.25) is 0 Å². The van der Waals surface area contributed by atoms with Crippen molar-refractivity contribution in [2.75, 3.05) is 27.4 Å². The summed E-state index contributed by atoms with van der Waals surface area (Å²) in [6, 6.07) is 4.30. The second-order valence-corrected chi connectivity index (χ2v) is 5.82. The lowest BCUT2D eigenvalue weighted by Gasteiger charge is -2.34. The highest BCUT2D eigenvalue weighted by molar-refractivity contribution is 5.25. The largest absolute Gasteiger partial charge is 0.481 e. The lowest BCUT2D eigenvalue weighted by molar-refractivity contribution is 0.151. The first kappa shape index (κ1) is 16.0. The van der Waals surface area contributed by atoms with E-state index in [2.05, 4.69) is 32.4 Å². The van der Waals surface area contributed by atoms with Crippen molar-refractivity contribution in [1.29, 1.82) is 0 Å². The highest BCUT2D eigenvalue weighted by Crippen LogP contribution is 2.28. The van der Waals surface area contributed by atoms with E-state index in [1.54, 1.807) is 20.4 Å². The molecule has 6 nitrogen and oxygen atoms in total. The summed E-state index contributed by atoms with van der Waals surface area (Å²) in [5.41, 5.74) is 2.37. The molecule has 3 heterocycles. The summed E-state index contributed by atoms with van der Waals surface area (Å²) in [5, 5.41) is 0. The fraction of sp³-hybridized carbons (Fsp3) is 0.529. The Kier molecular flexibility index (Phi) is 4.93. The second-order valence-electron chi connectivity index (χ2n) is 5.82. The van der Waals surface area contributed by atoms with Crippen molar-refractivity contribution in [1.82, 2.24) is 19.4 Å². The Balaban J connectivity index is 1.76. The highest BCUT2D eigenvalue weighted by atomic mass is 16.5. The lowest BCUT2D eigenvalue weighted by atomic mass is 10.1. The summed E-state index contributed by atoms with van der Waals surface area (Å²) in [7, 11) is 3.40. The zero-order valence-corrected chi connectivity index (χ0v) is 14.0. The monoisotopic (exact) mass is 316 g/mol. The number of methoxy groups -OCH3 is 2. The van der Waals surface area contributed by atoms with Crippen LogP contribution in [-0.4, -0.2) is 46.8 Å². The molecule has 0 bridgehead atoms. The van der Waals surface area contributed by atoms with Crippen molar-refractivity contribution in [3.05, 3.63) is 41.6 Å². The number of aromatic nitrogens is 3. The van der Waals surface area contributed by atoms with Gasteiger partial charge in [-0.15, -0.1) is 0 Å². The molecular formula is C17H24N4O2. The maximum Gasteiger partial charge on any atom is 0.217 e. The Bertz CT molecular complexity index is 656. The Morgan fingerprint density at radius 1 is 1.26 bits per heavy atom. The Morgan fingerprint density at radius 3 is 2.91 bits per heavy atom. The number of hydrogen-bond acceptors (Lipinski definition) is 5. The average molecular weight is 316 g/mol. The molecule has 0 spiro atoms. The SMILES string of the molecule is COCCc1cnc2n1CCN(Cc1cccnc1OC)[C@H]2C. The van der Waals surface area contributed by atoms with Crippen LogP contribution in [0, 0.1) is 0 Å². The molecule has 2 aromatic rings. The van der Waals surface area contributed by atoms with E-state index in [1.165, 1.54) is 5.69 Å². The molecule has 0 radical (unpaired) electrons. The van der Waals surface area contributed by atoms with Crippen molar-refractivity contribution in [2.45, 2.75) is 32.5 Å². The van der Waals surface area contributed by atoms with E-state index in [-0.39, 0.29) is 6.04 Å². The van der Waals surface area contributed by atoms with Crippen molar-refractivity contribution in [3.63, 3.8) is 0 Å². The second kappa shape index (κ2) is 7.10. The molecule has 0 saturated heterocycles. The third-order valence-corrected chi connectivity index (χ3v) is 4.48. The standard InChI is InChI=1S/C17H24N4O2/c1-13-16-19-11-15(6-10-22-2)21(16)9-8-20(13)12-14-5-4-7-18-17(14)23-3/h4-5,7,11,13H,6,8-10,12H2,1-3H3/t13-/m0/s1. The van der Waals surface area contributed by atoms with E-state index >= 15 is 0 Å². The van der Waals surface area contributed by atoms with Crippen LogP contribution < -0.4 is 4.74 Å². The van der Waals surface area contributed by atoms with Gasteiger partial charge in [0.2, 0.25) is 5.88 Å².